The van der Waals surface area contributed by atoms with Crippen molar-refractivity contribution in [3.63, 3.8) is 0 Å². The first-order valence-electron chi connectivity index (χ1n) is 11.2. The van der Waals surface area contributed by atoms with Gasteiger partial charge in [0.1, 0.15) is 30.0 Å². The number of fused-ring (bicyclic) bond motifs is 1. The summed E-state index contributed by atoms with van der Waals surface area (Å²) in [6.07, 6.45) is -3.29. The number of hydrogen-bond donors (Lipinski definition) is 5. The summed E-state index contributed by atoms with van der Waals surface area (Å²) in [6, 6.07) is 9.23. The fourth-order valence-corrected chi connectivity index (χ4v) is 4.88. The van der Waals surface area contributed by atoms with Crippen LogP contribution in [0.2, 0.25) is 0 Å². The van der Waals surface area contributed by atoms with E-state index in [1.54, 1.807) is 19.1 Å². The fourth-order valence-electron chi connectivity index (χ4n) is 4.88. The highest BCUT2D eigenvalue weighted by molar-refractivity contribution is 5.87. The molecule has 2 heterocycles. The molecule has 10 heteroatoms. The molecule has 2 aliphatic heterocycles. The fraction of sp³-hybridized carbons (Fsp3) is 0.542. The van der Waals surface area contributed by atoms with Crippen molar-refractivity contribution in [3.8, 4) is 0 Å². The van der Waals surface area contributed by atoms with Crippen LogP contribution in [-0.2, 0) is 23.7 Å². The Balaban J connectivity index is 1.50. The zero-order chi connectivity index (χ0) is 24.5. The van der Waals surface area contributed by atoms with Crippen molar-refractivity contribution in [2.45, 2.75) is 62.0 Å². The van der Waals surface area contributed by atoms with Crippen LogP contribution in [0.25, 0.3) is 6.08 Å². The lowest BCUT2D eigenvalue weighted by Gasteiger charge is -2.44. The molecule has 1 aromatic carbocycles. The first-order chi connectivity index (χ1) is 16.2. The van der Waals surface area contributed by atoms with Gasteiger partial charge in [0.05, 0.1) is 24.9 Å². The number of carbonyl (C=O) groups excluding carboxylic acids is 1. The maximum Gasteiger partial charge on any atom is 0.331 e. The second kappa shape index (κ2) is 10.1. The van der Waals surface area contributed by atoms with Crippen LogP contribution in [0.3, 0.4) is 0 Å². The van der Waals surface area contributed by atoms with E-state index >= 15 is 0 Å². The highest BCUT2D eigenvalue weighted by atomic mass is 16.8. The topological polar surface area (TPSA) is 155 Å². The third kappa shape index (κ3) is 4.89. The summed E-state index contributed by atoms with van der Waals surface area (Å²) in [5.41, 5.74) is -0.368. The normalized spacial score (nSPS) is 41.8. The van der Waals surface area contributed by atoms with Crippen LogP contribution in [0.4, 0.5) is 0 Å². The predicted octanol–water partition coefficient (Wildman–Crippen LogP) is -0.315. The molecule has 0 radical (unpaired) electrons. The Morgan fingerprint density at radius 2 is 1.85 bits per heavy atom. The minimum Gasteiger partial charge on any atom is -0.472 e. The van der Waals surface area contributed by atoms with Crippen LogP contribution in [-0.4, -0.2) is 86.8 Å². The van der Waals surface area contributed by atoms with Crippen molar-refractivity contribution in [3.05, 3.63) is 54.3 Å². The van der Waals surface area contributed by atoms with Crippen molar-refractivity contribution >= 4 is 12.0 Å². The van der Waals surface area contributed by atoms with E-state index in [1.165, 1.54) is 12.3 Å². The molecule has 186 valence electrons. The van der Waals surface area contributed by atoms with Crippen LogP contribution < -0.4 is 0 Å². The van der Waals surface area contributed by atoms with Gasteiger partial charge in [-0.3, -0.25) is 0 Å². The van der Waals surface area contributed by atoms with Gasteiger partial charge in [-0.2, -0.15) is 0 Å². The van der Waals surface area contributed by atoms with Gasteiger partial charge in [-0.25, -0.2) is 4.79 Å². The predicted molar refractivity (Wildman–Crippen MR) is 116 cm³/mol. The highest BCUT2D eigenvalue weighted by Gasteiger charge is 2.59. The molecule has 1 aliphatic carbocycles. The van der Waals surface area contributed by atoms with Gasteiger partial charge in [-0.05, 0) is 24.6 Å². The molecule has 1 saturated carbocycles. The Labute approximate surface area is 196 Å². The summed E-state index contributed by atoms with van der Waals surface area (Å²) in [6.45, 7) is 1.06. The van der Waals surface area contributed by atoms with E-state index in [0.717, 1.165) is 5.56 Å². The van der Waals surface area contributed by atoms with E-state index in [2.05, 4.69) is 0 Å². The number of aliphatic hydroxyl groups excluding tert-OH is 5. The smallest absolute Gasteiger partial charge is 0.331 e. The van der Waals surface area contributed by atoms with Gasteiger partial charge in [-0.15, -0.1) is 0 Å². The first kappa shape index (κ1) is 24.8. The number of hydrogen-bond acceptors (Lipinski definition) is 10. The lowest BCUT2D eigenvalue weighted by atomic mass is 9.84. The monoisotopic (exact) mass is 478 g/mol. The van der Waals surface area contributed by atoms with Crippen LogP contribution in [0, 0.1) is 11.8 Å². The molecule has 0 aromatic heterocycles. The Bertz CT molecular complexity index is 902. The zero-order valence-electron chi connectivity index (χ0n) is 18.6. The van der Waals surface area contributed by atoms with E-state index in [-0.39, 0.29) is 6.42 Å². The molecule has 0 bridgehead atoms. The van der Waals surface area contributed by atoms with Gasteiger partial charge < -0.3 is 44.5 Å². The Morgan fingerprint density at radius 1 is 1.12 bits per heavy atom. The van der Waals surface area contributed by atoms with Crippen molar-refractivity contribution in [2.24, 2.45) is 11.8 Å². The summed E-state index contributed by atoms with van der Waals surface area (Å²) in [7, 11) is 0. The summed E-state index contributed by atoms with van der Waals surface area (Å²) in [4.78, 5) is 12.6. The van der Waals surface area contributed by atoms with E-state index < -0.39 is 73.1 Å². The quantitative estimate of drug-likeness (QED) is 0.271. The number of ether oxygens (including phenoxy) is 4. The third-order valence-electron chi connectivity index (χ3n) is 6.65. The molecule has 3 aliphatic rings. The summed E-state index contributed by atoms with van der Waals surface area (Å²) >= 11 is 0. The molecule has 34 heavy (non-hydrogen) atoms. The van der Waals surface area contributed by atoms with Crippen LogP contribution >= 0.6 is 0 Å². The molecular weight excluding hydrogens is 448 g/mol. The van der Waals surface area contributed by atoms with Crippen molar-refractivity contribution in [1.82, 2.24) is 0 Å². The number of esters is 1. The van der Waals surface area contributed by atoms with E-state index in [0.29, 0.717) is 0 Å². The van der Waals surface area contributed by atoms with Crippen molar-refractivity contribution in [1.29, 1.82) is 0 Å². The minimum atomic E-state index is -1.63. The molecule has 5 N–H and O–H groups in total. The molecule has 0 amide bonds. The standard InChI is InChI=1S/C24H30O10/c1-24(34-17(27)8-7-13-5-3-2-4-6-13)11-15(26)14-9-10-31-22(18(14)24)33-23-21(30)20(29)19(28)16(12-25)32-23/h2-10,14-16,18-23,25-26,28-30H,11-12H2,1H3/t14-,15+,16-,18+,19-,20-,21-,22+,23+,24+/m0/s1. The lowest BCUT2D eigenvalue weighted by molar-refractivity contribution is -0.346. The van der Waals surface area contributed by atoms with Gasteiger partial charge in [-0.1, -0.05) is 30.3 Å². The molecule has 2 fully saturated rings. The molecule has 0 spiro atoms. The van der Waals surface area contributed by atoms with E-state index in [4.69, 9.17) is 18.9 Å². The SMILES string of the molecule is C[C@@]1(OC(=O)C=Cc2ccccc2)C[C@@H](O)[C@@H]2C=CO[C@H](O[C@H]3O[C@@H](CO)[C@H](O)[C@H](O)[C@@H]3O)[C@@H]21. The molecule has 1 aromatic rings. The van der Waals surface area contributed by atoms with E-state index in [1.807, 2.05) is 30.3 Å². The average Bonchev–Trinajstić information content (AvgIpc) is 3.09. The van der Waals surface area contributed by atoms with Gasteiger partial charge in [0.25, 0.3) is 0 Å². The number of rotatable bonds is 6. The Hall–Kier alpha value is -2.31. The zero-order valence-corrected chi connectivity index (χ0v) is 18.6. The summed E-state index contributed by atoms with van der Waals surface area (Å²) < 4.78 is 22.6. The largest absolute Gasteiger partial charge is 0.472 e. The van der Waals surface area contributed by atoms with Crippen molar-refractivity contribution in [2.75, 3.05) is 6.61 Å². The van der Waals surface area contributed by atoms with Crippen LogP contribution in [0.1, 0.15) is 18.9 Å². The highest BCUT2D eigenvalue weighted by Crippen LogP contribution is 2.49. The second-order valence-corrected chi connectivity index (χ2v) is 9.02. The number of benzene rings is 1. The minimum absolute atomic E-state index is 0.121. The van der Waals surface area contributed by atoms with E-state index in [9.17, 15) is 30.3 Å². The van der Waals surface area contributed by atoms with Gasteiger partial charge >= 0.3 is 5.97 Å². The number of carbonyl (C=O) groups is 1. The van der Waals surface area contributed by atoms with Gasteiger partial charge in [0.15, 0.2) is 6.29 Å². The van der Waals surface area contributed by atoms with Gasteiger partial charge in [0.2, 0.25) is 6.29 Å². The molecule has 0 unspecified atom stereocenters. The molecular formula is C24H30O10. The molecule has 10 nitrogen and oxygen atoms in total. The van der Waals surface area contributed by atoms with Crippen LogP contribution in [0.5, 0.6) is 0 Å². The lowest BCUT2D eigenvalue weighted by Crippen LogP contribution is -2.60. The maximum atomic E-state index is 12.6. The van der Waals surface area contributed by atoms with Crippen molar-refractivity contribution < 1.29 is 49.3 Å². The molecule has 4 rings (SSSR count). The van der Waals surface area contributed by atoms with Crippen LogP contribution in [0.15, 0.2) is 48.7 Å². The number of aliphatic hydroxyl groups is 5. The third-order valence-corrected chi connectivity index (χ3v) is 6.65. The molecule has 10 atom stereocenters. The first-order valence-corrected chi connectivity index (χ1v) is 11.2. The maximum absolute atomic E-state index is 12.6. The Morgan fingerprint density at radius 3 is 2.56 bits per heavy atom. The Kier molecular flexibility index (Phi) is 7.39. The average molecular weight is 478 g/mol. The summed E-state index contributed by atoms with van der Waals surface area (Å²) in [5.74, 6) is -1.76. The van der Waals surface area contributed by atoms with Gasteiger partial charge in [0, 0.05) is 18.4 Å². The molecule has 1 saturated heterocycles. The second-order valence-electron chi connectivity index (χ2n) is 9.02. The summed E-state index contributed by atoms with van der Waals surface area (Å²) in [5, 5.41) is 50.5.